The maximum Gasteiger partial charge on any atom is 0.302 e. The molecular formula is C16H26O3Si. The van der Waals surface area contributed by atoms with Crippen molar-refractivity contribution < 1.29 is 14.0 Å². The van der Waals surface area contributed by atoms with Crippen LogP contribution in [0.1, 0.15) is 33.3 Å². The number of hydrogen-bond donors (Lipinski definition) is 0. The molecule has 0 atom stereocenters. The Bertz CT molecular complexity index is 444. The monoisotopic (exact) mass is 294 g/mol. The molecule has 0 aromatic heterocycles. The zero-order chi connectivity index (χ0) is 15.4. The Balaban J connectivity index is 2.61. The van der Waals surface area contributed by atoms with Gasteiger partial charge in [-0.1, -0.05) is 32.9 Å². The smallest absolute Gasteiger partial charge is 0.302 e. The van der Waals surface area contributed by atoms with Gasteiger partial charge in [-0.2, -0.15) is 0 Å². The Kier molecular flexibility index (Phi) is 5.40. The van der Waals surface area contributed by atoms with E-state index in [0.717, 1.165) is 17.7 Å². The molecule has 0 fully saturated rings. The first-order valence-electron chi connectivity index (χ1n) is 7.03. The van der Waals surface area contributed by atoms with Gasteiger partial charge in [-0.3, -0.25) is 4.79 Å². The number of carbonyl (C=O) groups excluding carboxylic acids is 1. The van der Waals surface area contributed by atoms with Gasteiger partial charge in [0, 0.05) is 13.3 Å². The van der Waals surface area contributed by atoms with Gasteiger partial charge in [-0.05, 0) is 35.8 Å². The van der Waals surface area contributed by atoms with Crippen LogP contribution in [0.3, 0.4) is 0 Å². The van der Waals surface area contributed by atoms with Crippen molar-refractivity contribution >= 4 is 14.3 Å². The van der Waals surface area contributed by atoms with Crippen molar-refractivity contribution in [2.45, 2.75) is 52.2 Å². The quantitative estimate of drug-likeness (QED) is 0.604. The van der Waals surface area contributed by atoms with E-state index in [0.29, 0.717) is 6.61 Å². The molecule has 0 aliphatic rings. The van der Waals surface area contributed by atoms with E-state index >= 15 is 0 Å². The van der Waals surface area contributed by atoms with E-state index in [2.05, 4.69) is 33.9 Å². The largest absolute Gasteiger partial charge is 0.544 e. The van der Waals surface area contributed by atoms with E-state index in [1.54, 1.807) is 0 Å². The summed E-state index contributed by atoms with van der Waals surface area (Å²) in [5, 5.41) is 0.195. The second kappa shape index (κ2) is 6.44. The summed E-state index contributed by atoms with van der Waals surface area (Å²) in [6, 6.07) is 8.07. The highest BCUT2D eigenvalue weighted by Gasteiger charge is 2.38. The van der Waals surface area contributed by atoms with Crippen molar-refractivity contribution in [3.8, 4) is 5.75 Å². The lowest BCUT2D eigenvalue weighted by Crippen LogP contribution is -2.43. The van der Waals surface area contributed by atoms with Gasteiger partial charge in [0.2, 0.25) is 8.32 Å². The molecule has 0 aliphatic carbocycles. The van der Waals surface area contributed by atoms with Crippen LogP contribution in [0.2, 0.25) is 18.1 Å². The third kappa shape index (κ3) is 5.00. The average molecular weight is 294 g/mol. The van der Waals surface area contributed by atoms with Crippen molar-refractivity contribution in [1.29, 1.82) is 0 Å². The molecule has 0 aliphatic heterocycles. The van der Waals surface area contributed by atoms with Crippen molar-refractivity contribution in [2.75, 3.05) is 6.61 Å². The van der Waals surface area contributed by atoms with Gasteiger partial charge in [0.05, 0.1) is 6.61 Å². The van der Waals surface area contributed by atoms with Gasteiger partial charge in [-0.25, -0.2) is 0 Å². The molecule has 0 saturated heterocycles. The zero-order valence-corrected chi connectivity index (χ0v) is 14.4. The normalized spacial score (nSPS) is 12.1. The molecule has 1 aromatic carbocycles. The van der Waals surface area contributed by atoms with Crippen LogP contribution >= 0.6 is 0 Å². The summed E-state index contributed by atoms with van der Waals surface area (Å²) in [7, 11) is -1.77. The Morgan fingerprint density at radius 3 is 2.15 bits per heavy atom. The van der Waals surface area contributed by atoms with Gasteiger partial charge < -0.3 is 9.16 Å². The lowest BCUT2D eigenvalue weighted by Gasteiger charge is -2.36. The van der Waals surface area contributed by atoms with E-state index in [1.165, 1.54) is 6.92 Å². The third-order valence-corrected chi connectivity index (χ3v) is 8.16. The number of benzene rings is 1. The van der Waals surface area contributed by atoms with Crippen molar-refractivity contribution in [2.24, 2.45) is 0 Å². The minimum Gasteiger partial charge on any atom is -0.544 e. The zero-order valence-electron chi connectivity index (χ0n) is 13.4. The molecule has 0 bridgehead atoms. The molecule has 1 aromatic rings. The molecule has 0 radical (unpaired) electrons. The number of ether oxygens (including phenoxy) is 1. The molecule has 1 rings (SSSR count). The Morgan fingerprint density at radius 1 is 1.15 bits per heavy atom. The number of esters is 1. The Hall–Kier alpha value is -1.29. The van der Waals surface area contributed by atoms with E-state index in [4.69, 9.17) is 9.16 Å². The lowest BCUT2D eigenvalue weighted by atomic mass is 10.1. The topological polar surface area (TPSA) is 35.5 Å². The molecule has 0 unspecified atom stereocenters. The van der Waals surface area contributed by atoms with E-state index in [-0.39, 0.29) is 11.0 Å². The fourth-order valence-corrected chi connectivity index (χ4v) is 2.52. The first kappa shape index (κ1) is 16.8. The molecule has 0 amide bonds. The number of carbonyl (C=O) groups is 1. The fraction of sp³-hybridized carbons (Fsp3) is 0.562. The fourth-order valence-electron chi connectivity index (χ4n) is 1.48. The second-order valence-corrected chi connectivity index (χ2v) is 11.3. The highest BCUT2D eigenvalue weighted by atomic mass is 28.4. The van der Waals surface area contributed by atoms with Gasteiger partial charge in [0.1, 0.15) is 5.75 Å². The molecule has 3 nitrogen and oxygen atoms in total. The molecule has 20 heavy (non-hydrogen) atoms. The summed E-state index contributed by atoms with van der Waals surface area (Å²) >= 11 is 0. The average Bonchev–Trinajstić information content (AvgIpc) is 2.29. The third-order valence-electron chi connectivity index (χ3n) is 3.80. The predicted octanol–water partition coefficient (Wildman–Crippen LogP) is 4.18. The number of rotatable bonds is 5. The molecule has 0 heterocycles. The van der Waals surface area contributed by atoms with Gasteiger partial charge in [0.25, 0.3) is 0 Å². The highest BCUT2D eigenvalue weighted by Crippen LogP contribution is 2.37. The summed E-state index contributed by atoms with van der Waals surface area (Å²) in [5.41, 5.74) is 1.15. The first-order valence-corrected chi connectivity index (χ1v) is 9.94. The van der Waals surface area contributed by atoms with Crippen LogP contribution in [-0.4, -0.2) is 20.9 Å². The maximum absolute atomic E-state index is 10.7. The molecule has 0 saturated carbocycles. The van der Waals surface area contributed by atoms with E-state index in [1.807, 2.05) is 24.3 Å². The standard InChI is InChI=1S/C16H26O3Si/c1-13(17)18-12-11-14-7-9-15(10-8-14)19-20(5,6)16(2,3)4/h7-10H,11-12H2,1-6H3. The van der Waals surface area contributed by atoms with Crippen LogP contribution in [0.25, 0.3) is 0 Å². The molecule has 4 heteroatoms. The predicted molar refractivity (Wildman–Crippen MR) is 84.6 cm³/mol. The van der Waals surface area contributed by atoms with E-state index in [9.17, 15) is 4.79 Å². The van der Waals surface area contributed by atoms with Crippen LogP contribution in [0.5, 0.6) is 5.75 Å². The second-order valence-electron chi connectivity index (χ2n) is 6.60. The highest BCUT2D eigenvalue weighted by molar-refractivity contribution is 6.74. The van der Waals surface area contributed by atoms with Gasteiger partial charge in [0.15, 0.2) is 0 Å². The van der Waals surface area contributed by atoms with Crippen LogP contribution in [0.15, 0.2) is 24.3 Å². The SMILES string of the molecule is CC(=O)OCCc1ccc(O[Si](C)(C)C(C)(C)C)cc1. The summed E-state index contributed by atoms with van der Waals surface area (Å²) in [6.07, 6.45) is 0.736. The van der Waals surface area contributed by atoms with Crippen molar-refractivity contribution in [3.05, 3.63) is 29.8 Å². The van der Waals surface area contributed by atoms with Crippen LogP contribution in [0.4, 0.5) is 0 Å². The first-order chi connectivity index (χ1) is 9.12. The van der Waals surface area contributed by atoms with Crippen molar-refractivity contribution in [3.63, 3.8) is 0 Å². The van der Waals surface area contributed by atoms with Gasteiger partial charge in [-0.15, -0.1) is 0 Å². The van der Waals surface area contributed by atoms with Crippen molar-refractivity contribution in [1.82, 2.24) is 0 Å². The van der Waals surface area contributed by atoms with Crippen LogP contribution < -0.4 is 4.43 Å². The van der Waals surface area contributed by atoms with Crippen LogP contribution in [-0.2, 0) is 16.0 Å². The molecular weight excluding hydrogens is 268 g/mol. The maximum atomic E-state index is 10.7. The molecule has 0 spiro atoms. The lowest BCUT2D eigenvalue weighted by molar-refractivity contribution is -0.140. The summed E-state index contributed by atoms with van der Waals surface area (Å²) in [4.78, 5) is 10.7. The Morgan fingerprint density at radius 2 is 1.70 bits per heavy atom. The van der Waals surface area contributed by atoms with E-state index < -0.39 is 8.32 Å². The summed E-state index contributed by atoms with van der Waals surface area (Å²) in [6.45, 7) is 13.0. The molecule has 112 valence electrons. The minimum atomic E-state index is -1.77. The summed E-state index contributed by atoms with van der Waals surface area (Å²) < 4.78 is 11.2. The van der Waals surface area contributed by atoms with Gasteiger partial charge >= 0.3 is 5.97 Å². The van der Waals surface area contributed by atoms with Crippen LogP contribution in [0, 0.1) is 0 Å². The Labute approximate surface area is 123 Å². The summed E-state index contributed by atoms with van der Waals surface area (Å²) in [5.74, 6) is 0.690. The molecule has 0 N–H and O–H groups in total. The number of hydrogen-bond acceptors (Lipinski definition) is 3. The minimum absolute atomic E-state index is 0.195.